The summed E-state index contributed by atoms with van der Waals surface area (Å²) in [4.78, 5) is 1.25. The first-order valence-electron chi connectivity index (χ1n) is 11.4. The first kappa shape index (κ1) is 22.5. The van der Waals surface area contributed by atoms with E-state index in [1.54, 1.807) is 47.2 Å². The van der Waals surface area contributed by atoms with Gasteiger partial charge < -0.3 is 0 Å². The van der Waals surface area contributed by atoms with Crippen LogP contribution >= 0.6 is 29.7 Å². The van der Waals surface area contributed by atoms with E-state index >= 15 is 8.78 Å². The molecule has 0 fully saturated rings. The Morgan fingerprint density at radius 3 is 1.34 bits per heavy atom. The van der Waals surface area contributed by atoms with Gasteiger partial charge in [0, 0.05) is 0 Å². The van der Waals surface area contributed by atoms with Crippen LogP contribution in [0.5, 0.6) is 11.5 Å². The molecular weight excluding hydrogens is 558 g/mol. The number of halogens is 5. The molecule has 10 heteroatoms. The molecule has 0 saturated heterocycles. The Hall–Kier alpha value is -3.52. The first-order chi connectivity index (χ1) is 18.4. The van der Waals surface area contributed by atoms with Crippen LogP contribution < -0.4 is 25.0 Å². The Balaban J connectivity index is 1.63. The van der Waals surface area contributed by atoms with Gasteiger partial charge in [-0.25, -0.2) is 0 Å². The van der Waals surface area contributed by atoms with Crippen LogP contribution in [0.4, 0.5) is 22.0 Å². The Bertz CT molecular complexity index is 1890. The van der Waals surface area contributed by atoms with Crippen LogP contribution in [0.3, 0.4) is 0 Å². The zero-order valence-electron chi connectivity index (χ0n) is 18.9. The molecule has 2 nitrogen and oxygen atoms in total. The molecule has 4 aromatic carbocycles. The van der Waals surface area contributed by atoms with E-state index in [0.717, 1.165) is 10.8 Å². The summed E-state index contributed by atoms with van der Waals surface area (Å²) in [7, 11) is -5.26. The van der Waals surface area contributed by atoms with Crippen molar-refractivity contribution < 1.29 is 31.0 Å². The number of hydrogen-bond acceptors (Lipinski definition) is 4. The summed E-state index contributed by atoms with van der Waals surface area (Å²) < 4.78 is 89.6. The minimum atomic E-state index is -5.26. The third-order valence-corrected chi connectivity index (χ3v) is 14.4. The molecule has 0 atom stereocenters. The topological polar surface area (TPSA) is 18.5 Å². The van der Waals surface area contributed by atoms with Crippen LogP contribution in [0, 0.1) is 29.1 Å². The Morgan fingerprint density at radius 2 is 0.895 bits per heavy atom. The van der Waals surface area contributed by atoms with Crippen molar-refractivity contribution in [3.63, 3.8) is 0 Å². The van der Waals surface area contributed by atoms with Gasteiger partial charge in [0.15, 0.2) is 0 Å². The van der Waals surface area contributed by atoms with Crippen molar-refractivity contribution in [2.75, 3.05) is 0 Å². The fourth-order valence-corrected chi connectivity index (χ4v) is 14.2. The molecule has 6 aromatic rings. The van der Waals surface area contributed by atoms with Gasteiger partial charge in [0.25, 0.3) is 0 Å². The second-order valence-electron chi connectivity index (χ2n) is 9.08. The molecule has 0 aliphatic carbocycles. The molecule has 38 heavy (non-hydrogen) atoms. The van der Waals surface area contributed by atoms with Gasteiger partial charge in [0.1, 0.15) is 0 Å². The van der Waals surface area contributed by atoms with Crippen molar-refractivity contribution in [3.8, 4) is 21.3 Å². The Labute approximate surface area is 219 Å². The standard InChI is InChI=1S/C28H12F5O2PS2/c29-19-20(30)22(32)26(23(33)21(19)31)36(17-9-11-37-27(17)28-18(36)10-12-38-28)34-24-15-7-3-1-5-13(15)14-6-2-4-8-16(14)25(24)35-36/h1-12H. The van der Waals surface area contributed by atoms with Gasteiger partial charge in [0.2, 0.25) is 0 Å². The zero-order chi connectivity index (χ0) is 26.0. The Morgan fingerprint density at radius 1 is 0.500 bits per heavy atom. The fourth-order valence-electron chi connectivity index (χ4n) is 5.82. The first-order valence-corrected chi connectivity index (χ1v) is 15.2. The van der Waals surface area contributed by atoms with Gasteiger partial charge in [-0.2, -0.15) is 0 Å². The predicted molar refractivity (Wildman–Crippen MR) is 142 cm³/mol. The van der Waals surface area contributed by atoms with E-state index in [1.165, 1.54) is 22.7 Å². The van der Waals surface area contributed by atoms with Crippen molar-refractivity contribution in [3.05, 3.63) is 101 Å². The van der Waals surface area contributed by atoms with Crippen molar-refractivity contribution in [1.82, 2.24) is 0 Å². The molecule has 0 radical (unpaired) electrons. The van der Waals surface area contributed by atoms with E-state index in [-0.39, 0.29) is 22.1 Å². The minimum absolute atomic E-state index is 0.206. The number of benzene rings is 4. The maximum atomic E-state index is 16.0. The average Bonchev–Trinajstić information content (AvgIpc) is 3.71. The van der Waals surface area contributed by atoms with E-state index in [0.29, 0.717) is 20.5 Å². The molecular formula is C28H12F5O2PS2. The second-order valence-corrected chi connectivity index (χ2v) is 14.6. The van der Waals surface area contributed by atoms with Crippen molar-refractivity contribution in [2.24, 2.45) is 0 Å². The summed E-state index contributed by atoms with van der Waals surface area (Å²) in [6.45, 7) is 0. The number of fused-ring (bicyclic) bond motifs is 11. The molecule has 2 aliphatic rings. The molecule has 2 aliphatic heterocycles. The average molecular weight is 571 g/mol. The SMILES string of the molecule is Fc1c(F)c(F)c(P23(Oc4c(c5ccccc5c5ccccc45)O2)c2ccsc2-c2sccc23)c(F)c1F. The van der Waals surface area contributed by atoms with E-state index < -0.39 is 41.4 Å². The van der Waals surface area contributed by atoms with Crippen LogP contribution in [-0.4, -0.2) is 0 Å². The van der Waals surface area contributed by atoms with E-state index in [2.05, 4.69) is 0 Å². The summed E-state index contributed by atoms with van der Waals surface area (Å²) in [5, 5.41) is 5.73. The van der Waals surface area contributed by atoms with Crippen LogP contribution in [0.1, 0.15) is 0 Å². The third-order valence-electron chi connectivity index (χ3n) is 7.33. The van der Waals surface area contributed by atoms with E-state index in [4.69, 9.17) is 9.05 Å². The van der Waals surface area contributed by atoms with Gasteiger partial charge in [-0.15, -0.1) is 0 Å². The molecule has 4 heterocycles. The van der Waals surface area contributed by atoms with Crippen molar-refractivity contribution in [2.45, 2.75) is 0 Å². The van der Waals surface area contributed by atoms with Gasteiger partial charge in [0.05, 0.1) is 0 Å². The fraction of sp³-hybridized carbons (Fsp3) is 0. The number of hydrogen-bond donors (Lipinski definition) is 0. The monoisotopic (exact) mass is 570 g/mol. The molecule has 0 saturated carbocycles. The summed E-state index contributed by atoms with van der Waals surface area (Å²) >= 11 is 2.60. The van der Waals surface area contributed by atoms with Crippen LogP contribution in [0.15, 0.2) is 71.4 Å². The third kappa shape index (κ3) is 2.29. The molecule has 2 aromatic heterocycles. The molecule has 188 valence electrons. The number of rotatable bonds is 1. The van der Waals surface area contributed by atoms with Crippen LogP contribution in [-0.2, 0) is 0 Å². The van der Waals surface area contributed by atoms with E-state index in [1.807, 2.05) is 24.3 Å². The molecule has 1 spiro atoms. The molecule has 0 bridgehead atoms. The van der Waals surface area contributed by atoms with Crippen molar-refractivity contribution in [1.29, 1.82) is 0 Å². The summed E-state index contributed by atoms with van der Waals surface area (Å²) in [6, 6.07) is 17.9. The van der Waals surface area contributed by atoms with Crippen LogP contribution in [0.2, 0.25) is 0 Å². The molecule has 0 amide bonds. The van der Waals surface area contributed by atoms with Gasteiger partial charge in [-0.05, 0) is 0 Å². The van der Waals surface area contributed by atoms with Gasteiger partial charge >= 0.3 is 220 Å². The van der Waals surface area contributed by atoms with Gasteiger partial charge in [-0.3, -0.25) is 0 Å². The normalized spacial score (nSPS) is 17.0. The summed E-state index contributed by atoms with van der Waals surface area (Å²) in [5.74, 6) is -9.83. The zero-order valence-corrected chi connectivity index (χ0v) is 21.4. The van der Waals surface area contributed by atoms with Gasteiger partial charge in [-0.1, -0.05) is 0 Å². The predicted octanol–water partition coefficient (Wildman–Crippen LogP) is 7.92. The Kier molecular flexibility index (Phi) is 4.20. The van der Waals surface area contributed by atoms with E-state index in [9.17, 15) is 13.2 Å². The second kappa shape index (κ2) is 7.11. The maximum absolute atomic E-state index is 16.0. The molecule has 0 unspecified atom stereocenters. The molecule has 8 rings (SSSR count). The van der Waals surface area contributed by atoms with Crippen molar-refractivity contribution >= 4 is 67.2 Å². The van der Waals surface area contributed by atoms with Crippen LogP contribution in [0.25, 0.3) is 31.3 Å². The quantitative estimate of drug-likeness (QED) is 0.0658. The molecule has 0 N–H and O–H groups in total. The number of thiophene rings is 2. The summed E-state index contributed by atoms with van der Waals surface area (Å²) in [6.07, 6.45) is 0. The summed E-state index contributed by atoms with van der Waals surface area (Å²) in [5.41, 5.74) is 0.